The highest BCUT2D eigenvalue weighted by Gasteiger charge is 2.18. The van der Waals surface area contributed by atoms with Crippen LogP contribution in [0.25, 0.3) is 0 Å². The van der Waals surface area contributed by atoms with Crippen molar-refractivity contribution >= 4 is 27.5 Å². The number of halogens is 1. The molecule has 0 radical (unpaired) electrons. The van der Waals surface area contributed by atoms with E-state index in [9.17, 15) is 4.79 Å². The molecule has 0 aromatic heterocycles. The van der Waals surface area contributed by atoms with E-state index in [1.165, 1.54) is 12.8 Å². The lowest BCUT2D eigenvalue weighted by Crippen LogP contribution is -2.39. The van der Waals surface area contributed by atoms with Crippen LogP contribution in [0.4, 0.5) is 5.69 Å². The van der Waals surface area contributed by atoms with Gasteiger partial charge in [0.15, 0.2) is 0 Å². The number of nitrogens with zero attached hydrogens (tertiary/aromatic N) is 1. The Hall–Kier alpha value is -0.870. The molecule has 0 spiro atoms. The van der Waals surface area contributed by atoms with E-state index < -0.39 is 0 Å². The third kappa shape index (κ3) is 3.82. The summed E-state index contributed by atoms with van der Waals surface area (Å²) in [6.45, 7) is 4.81. The lowest BCUT2D eigenvalue weighted by Gasteiger charge is -2.30. The summed E-state index contributed by atoms with van der Waals surface area (Å²) < 4.78 is 0.922. The smallest absolute Gasteiger partial charge is 0.238 e. The van der Waals surface area contributed by atoms with Gasteiger partial charge in [-0.1, -0.05) is 19.1 Å². The monoisotopic (exact) mass is 310 g/mol. The van der Waals surface area contributed by atoms with E-state index in [-0.39, 0.29) is 5.91 Å². The van der Waals surface area contributed by atoms with Crippen LogP contribution < -0.4 is 5.32 Å². The highest BCUT2D eigenvalue weighted by molar-refractivity contribution is 9.10. The summed E-state index contributed by atoms with van der Waals surface area (Å²) in [4.78, 5) is 14.2. The average molecular weight is 311 g/mol. The SMILES string of the molecule is C[C@H]1CCCN(CC(=O)Nc2ccccc2Br)C1. The van der Waals surface area contributed by atoms with E-state index in [0.717, 1.165) is 23.2 Å². The van der Waals surface area contributed by atoms with Gasteiger partial charge < -0.3 is 5.32 Å². The second-order valence-corrected chi connectivity index (χ2v) is 5.86. The second kappa shape index (κ2) is 6.34. The van der Waals surface area contributed by atoms with E-state index >= 15 is 0 Å². The summed E-state index contributed by atoms with van der Waals surface area (Å²) in [7, 11) is 0. The van der Waals surface area contributed by atoms with Crippen LogP contribution in [0.5, 0.6) is 0 Å². The van der Waals surface area contributed by atoms with Crippen LogP contribution in [0.3, 0.4) is 0 Å². The highest BCUT2D eigenvalue weighted by atomic mass is 79.9. The molecule has 4 heteroatoms. The Morgan fingerprint density at radius 2 is 2.28 bits per heavy atom. The normalized spacial score (nSPS) is 20.7. The molecule has 0 aliphatic carbocycles. The molecule has 18 heavy (non-hydrogen) atoms. The fourth-order valence-corrected chi connectivity index (χ4v) is 2.77. The van der Waals surface area contributed by atoms with Crippen LogP contribution >= 0.6 is 15.9 Å². The van der Waals surface area contributed by atoms with E-state index in [1.807, 2.05) is 24.3 Å². The van der Waals surface area contributed by atoms with E-state index in [0.29, 0.717) is 12.5 Å². The van der Waals surface area contributed by atoms with Crippen molar-refractivity contribution in [3.63, 3.8) is 0 Å². The third-order valence-corrected chi connectivity index (χ3v) is 3.95. The largest absolute Gasteiger partial charge is 0.324 e. The quantitative estimate of drug-likeness (QED) is 0.930. The van der Waals surface area contributed by atoms with E-state index in [2.05, 4.69) is 33.1 Å². The Morgan fingerprint density at radius 3 is 3.00 bits per heavy atom. The van der Waals surface area contributed by atoms with Gasteiger partial charge >= 0.3 is 0 Å². The Balaban J connectivity index is 1.87. The van der Waals surface area contributed by atoms with Crippen molar-refractivity contribution in [2.24, 2.45) is 5.92 Å². The Morgan fingerprint density at radius 1 is 1.50 bits per heavy atom. The predicted molar refractivity (Wildman–Crippen MR) is 77.6 cm³/mol. The van der Waals surface area contributed by atoms with E-state index in [1.54, 1.807) is 0 Å². The number of hydrogen-bond donors (Lipinski definition) is 1. The number of anilines is 1. The molecule has 1 aliphatic rings. The molecule has 98 valence electrons. The summed E-state index contributed by atoms with van der Waals surface area (Å²) in [6, 6.07) is 7.69. The lowest BCUT2D eigenvalue weighted by atomic mass is 10.0. The number of carbonyl (C=O) groups excluding carboxylic acids is 1. The molecule has 2 rings (SSSR count). The zero-order chi connectivity index (χ0) is 13.0. The minimum absolute atomic E-state index is 0.0657. The lowest BCUT2D eigenvalue weighted by molar-refractivity contribution is -0.117. The molecule has 3 nitrogen and oxygen atoms in total. The number of rotatable bonds is 3. The average Bonchev–Trinajstić information content (AvgIpc) is 2.32. The fourth-order valence-electron chi connectivity index (χ4n) is 2.39. The Kier molecular flexibility index (Phi) is 4.78. The maximum atomic E-state index is 12.0. The van der Waals surface area contributed by atoms with Crippen molar-refractivity contribution in [1.29, 1.82) is 0 Å². The van der Waals surface area contributed by atoms with Gasteiger partial charge in [-0.3, -0.25) is 9.69 Å². The zero-order valence-corrected chi connectivity index (χ0v) is 12.2. The van der Waals surface area contributed by atoms with Gasteiger partial charge in [0.2, 0.25) is 5.91 Å². The van der Waals surface area contributed by atoms with Crippen molar-refractivity contribution in [2.75, 3.05) is 25.0 Å². The number of piperidine rings is 1. The minimum Gasteiger partial charge on any atom is -0.324 e. The van der Waals surface area contributed by atoms with Gasteiger partial charge in [-0.25, -0.2) is 0 Å². The molecule has 0 saturated carbocycles. The third-order valence-electron chi connectivity index (χ3n) is 3.26. The molecule has 1 saturated heterocycles. The Labute approximate surface area is 117 Å². The summed E-state index contributed by atoms with van der Waals surface area (Å²) in [5.74, 6) is 0.769. The predicted octanol–water partition coefficient (Wildman–Crippen LogP) is 3.12. The van der Waals surface area contributed by atoms with Crippen molar-refractivity contribution in [1.82, 2.24) is 4.90 Å². The van der Waals surface area contributed by atoms with Gasteiger partial charge in [-0.15, -0.1) is 0 Å². The fraction of sp³-hybridized carbons (Fsp3) is 0.500. The number of para-hydroxylation sites is 1. The first kappa shape index (κ1) is 13.6. The molecule has 1 aromatic rings. The number of amides is 1. The maximum absolute atomic E-state index is 12.0. The molecule has 1 N–H and O–H groups in total. The number of likely N-dealkylation sites (tertiary alicyclic amines) is 1. The highest BCUT2D eigenvalue weighted by Crippen LogP contribution is 2.21. The molecule has 1 atom stereocenters. The van der Waals surface area contributed by atoms with Crippen LogP contribution in [0, 0.1) is 5.92 Å². The van der Waals surface area contributed by atoms with Gasteiger partial charge in [-0.05, 0) is 53.4 Å². The van der Waals surface area contributed by atoms with Gasteiger partial charge in [-0.2, -0.15) is 0 Å². The second-order valence-electron chi connectivity index (χ2n) is 5.01. The first-order chi connectivity index (χ1) is 8.65. The zero-order valence-electron chi connectivity index (χ0n) is 10.7. The number of hydrogen-bond acceptors (Lipinski definition) is 2. The van der Waals surface area contributed by atoms with Crippen molar-refractivity contribution in [3.05, 3.63) is 28.7 Å². The first-order valence-corrected chi connectivity index (χ1v) is 7.21. The summed E-state index contributed by atoms with van der Waals surface area (Å²) >= 11 is 3.43. The molecular weight excluding hydrogens is 292 g/mol. The maximum Gasteiger partial charge on any atom is 0.238 e. The van der Waals surface area contributed by atoms with Crippen molar-refractivity contribution in [3.8, 4) is 0 Å². The van der Waals surface area contributed by atoms with Crippen LogP contribution in [-0.4, -0.2) is 30.4 Å². The topological polar surface area (TPSA) is 32.3 Å². The molecular formula is C14H19BrN2O. The van der Waals surface area contributed by atoms with Gasteiger partial charge in [0, 0.05) is 11.0 Å². The van der Waals surface area contributed by atoms with Gasteiger partial charge in [0.1, 0.15) is 0 Å². The molecule has 1 aliphatic heterocycles. The number of nitrogens with one attached hydrogen (secondary N) is 1. The number of carbonyl (C=O) groups is 1. The van der Waals surface area contributed by atoms with E-state index in [4.69, 9.17) is 0 Å². The van der Waals surface area contributed by atoms with Crippen LogP contribution in [0.1, 0.15) is 19.8 Å². The molecule has 1 heterocycles. The molecule has 0 bridgehead atoms. The first-order valence-electron chi connectivity index (χ1n) is 6.42. The van der Waals surface area contributed by atoms with Gasteiger partial charge in [0.25, 0.3) is 0 Å². The van der Waals surface area contributed by atoms with Crippen LogP contribution in [-0.2, 0) is 4.79 Å². The molecule has 1 amide bonds. The van der Waals surface area contributed by atoms with Crippen molar-refractivity contribution in [2.45, 2.75) is 19.8 Å². The summed E-state index contributed by atoms with van der Waals surface area (Å²) in [5.41, 5.74) is 0.840. The van der Waals surface area contributed by atoms with Crippen LogP contribution in [0.2, 0.25) is 0 Å². The molecule has 1 aromatic carbocycles. The van der Waals surface area contributed by atoms with Crippen molar-refractivity contribution < 1.29 is 4.79 Å². The van der Waals surface area contributed by atoms with Crippen LogP contribution in [0.15, 0.2) is 28.7 Å². The Bertz CT molecular complexity index is 422. The molecule has 0 unspecified atom stereocenters. The number of benzene rings is 1. The summed E-state index contributed by atoms with van der Waals surface area (Å²) in [5, 5.41) is 2.94. The minimum atomic E-state index is 0.0657. The summed E-state index contributed by atoms with van der Waals surface area (Å²) in [6.07, 6.45) is 2.48. The van der Waals surface area contributed by atoms with Gasteiger partial charge in [0.05, 0.1) is 12.2 Å². The molecule has 1 fully saturated rings. The standard InChI is InChI=1S/C14H19BrN2O/c1-11-5-4-8-17(9-11)10-14(18)16-13-7-3-2-6-12(13)15/h2-3,6-7,11H,4-5,8-10H2,1H3,(H,16,18)/t11-/m0/s1.